The average Bonchev–Trinajstić information content (AvgIpc) is 3.37. The first-order valence-corrected chi connectivity index (χ1v) is 14.5. The van der Waals surface area contributed by atoms with E-state index in [0.717, 1.165) is 36.1 Å². The highest BCUT2D eigenvalue weighted by molar-refractivity contribution is 7.89. The van der Waals surface area contributed by atoms with Gasteiger partial charge in [-0.1, -0.05) is 36.9 Å². The number of nitrogens with one attached hydrogen (secondary N) is 1. The van der Waals surface area contributed by atoms with Crippen LogP contribution < -0.4 is 15.2 Å². The van der Waals surface area contributed by atoms with E-state index in [1.807, 2.05) is 40.8 Å². The highest BCUT2D eigenvalue weighted by Gasteiger charge is 2.28. The van der Waals surface area contributed by atoms with Gasteiger partial charge in [-0.15, -0.1) is 0 Å². The van der Waals surface area contributed by atoms with Gasteiger partial charge in [0.15, 0.2) is 5.65 Å². The summed E-state index contributed by atoms with van der Waals surface area (Å²) in [7, 11) is -2.34. The van der Waals surface area contributed by atoms with Gasteiger partial charge < -0.3 is 15.6 Å². The molecule has 4 N–H and O–H groups in total. The topological polar surface area (TPSA) is 148 Å². The second kappa shape index (κ2) is 11.3. The van der Waals surface area contributed by atoms with Gasteiger partial charge in [0.05, 0.1) is 18.5 Å². The summed E-state index contributed by atoms with van der Waals surface area (Å²) in [4.78, 5) is 10.7. The van der Waals surface area contributed by atoms with E-state index in [1.54, 1.807) is 12.1 Å². The Hall–Kier alpha value is -3.84. The van der Waals surface area contributed by atoms with Gasteiger partial charge in [0.2, 0.25) is 10.0 Å². The smallest absolute Gasteiger partial charge is 0.244 e. The summed E-state index contributed by atoms with van der Waals surface area (Å²) >= 11 is 0. The van der Waals surface area contributed by atoms with Crippen LogP contribution in [0.25, 0.3) is 22.3 Å². The number of aliphatic hydroxyl groups excluding tert-OH is 1. The van der Waals surface area contributed by atoms with Crippen LogP contribution in [0.3, 0.4) is 0 Å². The zero-order valence-corrected chi connectivity index (χ0v) is 23.3. The number of rotatable bonds is 9. The summed E-state index contributed by atoms with van der Waals surface area (Å²) < 4.78 is 35.7. The normalized spacial score (nSPS) is 17.1. The fraction of sp³-hybridized carbons (Fsp3) is 0.321. The number of benzene rings is 2. The van der Waals surface area contributed by atoms with Crippen LogP contribution in [0.2, 0.25) is 0 Å². The van der Waals surface area contributed by atoms with Gasteiger partial charge in [-0.2, -0.15) is 5.10 Å². The number of likely N-dealkylation sites (tertiary alicyclic amines) is 1. The minimum Gasteiger partial charge on any atom is -0.495 e. The van der Waals surface area contributed by atoms with E-state index in [4.69, 9.17) is 15.6 Å². The Morgan fingerprint density at radius 1 is 1.25 bits per heavy atom. The van der Waals surface area contributed by atoms with Crippen molar-refractivity contribution >= 4 is 26.9 Å². The first-order chi connectivity index (χ1) is 19.2. The number of aryl methyl sites for hydroxylation is 1. The standard InChI is InChI=1S/C28H33N7O4S/c1-4-24(36)34-13-5-6-21(16-34)35-28-25(27(29)30-17-31-28)26(33-35)20-10-8-19(9-11-20)15-32-40(37,38)23-12-7-18(2)14-22(23)39-3/h4,7-12,14,17,21,24,32,36H,1,5-6,13,15-16H2,2-3H3,(H2,29,30,31)/t21-,24?/m1/s1. The monoisotopic (exact) mass is 563 g/mol. The van der Waals surface area contributed by atoms with Crippen molar-refractivity contribution in [1.29, 1.82) is 0 Å². The fourth-order valence-corrected chi connectivity index (χ4v) is 6.22. The van der Waals surface area contributed by atoms with Gasteiger partial charge >= 0.3 is 0 Å². The Morgan fingerprint density at radius 3 is 2.75 bits per heavy atom. The molecule has 2 aromatic carbocycles. The van der Waals surface area contributed by atoms with Crippen LogP contribution >= 0.6 is 0 Å². The molecule has 40 heavy (non-hydrogen) atoms. The zero-order chi connectivity index (χ0) is 28.4. The van der Waals surface area contributed by atoms with E-state index in [0.29, 0.717) is 34.8 Å². The van der Waals surface area contributed by atoms with Gasteiger partial charge in [-0.05, 0) is 49.1 Å². The highest BCUT2D eigenvalue weighted by atomic mass is 32.2. The Labute approximate surface area is 233 Å². The number of ether oxygens (including phenoxy) is 1. The summed E-state index contributed by atoms with van der Waals surface area (Å²) in [6, 6.07) is 12.4. The molecular weight excluding hydrogens is 530 g/mol. The van der Waals surface area contributed by atoms with E-state index >= 15 is 0 Å². The third-order valence-electron chi connectivity index (χ3n) is 7.18. The van der Waals surface area contributed by atoms with Gasteiger partial charge in [-0.3, -0.25) is 4.90 Å². The second-order valence-electron chi connectivity index (χ2n) is 9.87. The molecule has 1 aliphatic heterocycles. The van der Waals surface area contributed by atoms with Gasteiger partial charge in [0.1, 0.15) is 34.7 Å². The molecule has 2 aromatic heterocycles. The molecule has 0 saturated carbocycles. The van der Waals surface area contributed by atoms with Crippen LogP contribution in [0.15, 0.2) is 66.3 Å². The number of sulfonamides is 1. The van der Waals surface area contributed by atoms with Crippen LogP contribution in [-0.4, -0.2) is 64.6 Å². The van der Waals surface area contributed by atoms with Crippen molar-refractivity contribution in [2.75, 3.05) is 25.9 Å². The predicted octanol–water partition coefficient (Wildman–Crippen LogP) is 3.01. The van der Waals surface area contributed by atoms with Crippen LogP contribution in [0.4, 0.5) is 5.82 Å². The van der Waals surface area contributed by atoms with E-state index in [-0.39, 0.29) is 17.5 Å². The van der Waals surface area contributed by atoms with E-state index in [2.05, 4.69) is 21.3 Å². The molecule has 4 aromatic rings. The highest BCUT2D eigenvalue weighted by Crippen LogP contribution is 2.34. The number of nitrogens with two attached hydrogens (primary N) is 1. The van der Waals surface area contributed by atoms with E-state index in [9.17, 15) is 13.5 Å². The number of fused-ring (bicyclic) bond motifs is 1. The molecule has 3 heterocycles. The van der Waals surface area contributed by atoms with Gasteiger partial charge in [0.25, 0.3) is 0 Å². The first kappa shape index (κ1) is 27.7. The second-order valence-corrected chi connectivity index (χ2v) is 11.6. The lowest BCUT2D eigenvalue weighted by atomic mass is 10.1. The van der Waals surface area contributed by atoms with Crippen molar-refractivity contribution < 1.29 is 18.3 Å². The lowest BCUT2D eigenvalue weighted by molar-refractivity contribution is 0.0127. The number of hydrogen-bond donors (Lipinski definition) is 3. The summed E-state index contributed by atoms with van der Waals surface area (Å²) in [6.07, 6.45) is 4.00. The number of piperidine rings is 1. The van der Waals surface area contributed by atoms with E-state index in [1.165, 1.54) is 25.6 Å². The maximum Gasteiger partial charge on any atom is 0.244 e. The van der Waals surface area contributed by atoms with E-state index < -0.39 is 16.3 Å². The third-order valence-corrected chi connectivity index (χ3v) is 8.62. The van der Waals surface area contributed by atoms with Crippen LogP contribution in [0.1, 0.15) is 30.0 Å². The molecule has 11 nitrogen and oxygen atoms in total. The minimum atomic E-state index is -3.79. The molecular formula is C28H33N7O4S. The van der Waals surface area contributed by atoms with Crippen LogP contribution in [-0.2, 0) is 16.6 Å². The molecule has 2 atom stereocenters. The molecule has 0 amide bonds. The Balaban J connectivity index is 1.40. The zero-order valence-electron chi connectivity index (χ0n) is 22.5. The Kier molecular flexibility index (Phi) is 7.86. The quantitative estimate of drug-likeness (QED) is 0.261. The molecule has 5 rings (SSSR count). The molecule has 210 valence electrons. The van der Waals surface area contributed by atoms with Crippen molar-refractivity contribution in [2.24, 2.45) is 0 Å². The number of aromatic nitrogens is 4. The summed E-state index contributed by atoms with van der Waals surface area (Å²) in [5.41, 5.74) is 10.0. The number of nitrogens with zero attached hydrogens (tertiary/aromatic N) is 5. The molecule has 0 bridgehead atoms. The lowest BCUT2D eigenvalue weighted by Crippen LogP contribution is -2.42. The first-order valence-electron chi connectivity index (χ1n) is 13.0. The summed E-state index contributed by atoms with van der Waals surface area (Å²) in [5.74, 6) is 0.624. The van der Waals surface area contributed by atoms with Crippen molar-refractivity contribution in [1.82, 2.24) is 29.4 Å². The van der Waals surface area contributed by atoms with Crippen molar-refractivity contribution in [3.05, 3.63) is 72.6 Å². The Morgan fingerprint density at radius 2 is 2.02 bits per heavy atom. The van der Waals surface area contributed by atoms with Gasteiger partial charge in [0, 0.05) is 25.2 Å². The lowest BCUT2D eigenvalue weighted by Gasteiger charge is -2.34. The third kappa shape index (κ3) is 5.43. The van der Waals surface area contributed by atoms with Crippen molar-refractivity contribution in [2.45, 2.75) is 43.5 Å². The molecule has 0 spiro atoms. The largest absolute Gasteiger partial charge is 0.495 e. The van der Waals surface area contributed by atoms with Gasteiger partial charge in [-0.25, -0.2) is 27.8 Å². The number of aliphatic hydroxyl groups is 1. The van der Waals surface area contributed by atoms with Crippen LogP contribution in [0, 0.1) is 6.92 Å². The molecule has 1 saturated heterocycles. The maximum atomic E-state index is 13.0. The van der Waals surface area contributed by atoms with Crippen molar-refractivity contribution in [3.8, 4) is 17.0 Å². The number of nitrogen functional groups attached to an aromatic ring is 1. The summed E-state index contributed by atoms with van der Waals surface area (Å²) in [6.45, 7) is 7.04. The molecule has 12 heteroatoms. The minimum absolute atomic E-state index is 0.0126. The molecule has 1 aliphatic rings. The Bertz CT molecular complexity index is 1640. The molecule has 1 fully saturated rings. The van der Waals surface area contributed by atoms with Crippen LogP contribution in [0.5, 0.6) is 5.75 Å². The number of hydrogen-bond acceptors (Lipinski definition) is 9. The average molecular weight is 564 g/mol. The summed E-state index contributed by atoms with van der Waals surface area (Å²) in [5, 5.41) is 15.9. The predicted molar refractivity (Wildman–Crippen MR) is 153 cm³/mol. The molecule has 0 radical (unpaired) electrons. The SMILES string of the molecule is C=CC(O)N1CCC[C@@H](n2nc(-c3ccc(CNS(=O)(=O)c4ccc(C)cc4OC)cc3)c3c(N)ncnc32)C1. The number of anilines is 1. The fourth-order valence-electron chi connectivity index (χ4n) is 5.06. The van der Waals surface area contributed by atoms with Crippen molar-refractivity contribution in [3.63, 3.8) is 0 Å². The molecule has 1 unspecified atom stereocenters. The number of methoxy groups -OCH3 is 1. The maximum absolute atomic E-state index is 13.0. The molecule has 0 aliphatic carbocycles.